The Labute approximate surface area is 103 Å². The van der Waals surface area contributed by atoms with Gasteiger partial charge in [-0.15, -0.1) is 0 Å². The monoisotopic (exact) mass is 253 g/mol. The molecule has 5 heteroatoms. The fraction of sp³-hybridized carbons (Fsp3) is 0.462. The van der Waals surface area contributed by atoms with Crippen LogP contribution in [0.5, 0.6) is 5.75 Å². The number of rotatable bonds is 4. The molecule has 3 nitrogen and oxygen atoms in total. The van der Waals surface area contributed by atoms with E-state index in [0.717, 1.165) is 6.92 Å². The highest BCUT2D eigenvalue weighted by molar-refractivity contribution is 5.49. The summed E-state index contributed by atoms with van der Waals surface area (Å²) in [6, 6.07) is 4.18. The van der Waals surface area contributed by atoms with Crippen molar-refractivity contribution in [2.24, 2.45) is 4.99 Å². The van der Waals surface area contributed by atoms with Crippen molar-refractivity contribution in [2.75, 3.05) is 7.11 Å². The molecule has 1 aromatic carbocycles. The van der Waals surface area contributed by atoms with Gasteiger partial charge in [-0.1, -0.05) is 0 Å². The van der Waals surface area contributed by atoms with Crippen molar-refractivity contribution in [3.8, 4) is 5.75 Å². The van der Waals surface area contributed by atoms with Gasteiger partial charge in [0.25, 0.3) is 5.92 Å². The molecule has 1 aromatic rings. The van der Waals surface area contributed by atoms with Gasteiger partial charge in [-0.05, 0) is 31.0 Å². The second kappa shape index (κ2) is 4.18. The summed E-state index contributed by atoms with van der Waals surface area (Å²) in [4.78, 5) is 14.2. The molecule has 0 radical (unpaired) electrons. The van der Waals surface area contributed by atoms with Gasteiger partial charge >= 0.3 is 0 Å². The Kier molecular flexibility index (Phi) is 2.95. The molecular weight excluding hydrogens is 240 g/mol. The van der Waals surface area contributed by atoms with E-state index in [9.17, 15) is 13.6 Å². The highest BCUT2D eigenvalue weighted by atomic mass is 19.3. The highest BCUT2D eigenvalue weighted by Gasteiger charge is 2.47. The number of benzene rings is 1. The summed E-state index contributed by atoms with van der Waals surface area (Å²) in [5, 5.41) is 0. The summed E-state index contributed by atoms with van der Waals surface area (Å²) >= 11 is 0. The van der Waals surface area contributed by atoms with Gasteiger partial charge in [0, 0.05) is 18.1 Å². The third-order valence-electron chi connectivity index (χ3n) is 3.19. The zero-order valence-corrected chi connectivity index (χ0v) is 10.2. The average molecular weight is 253 g/mol. The van der Waals surface area contributed by atoms with Crippen LogP contribution >= 0.6 is 0 Å². The Morgan fingerprint density at radius 1 is 1.44 bits per heavy atom. The van der Waals surface area contributed by atoms with Crippen molar-refractivity contribution in [3.63, 3.8) is 0 Å². The lowest BCUT2D eigenvalue weighted by molar-refractivity contribution is 0.0173. The number of alkyl halides is 2. The van der Waals surface area contributed by atoms with E-state index in [2.05, 4.69) is 4.99 Å². The first-order valence-corrected chi connectivity index (χ1v) is 5.59. The van der Waals surface area contributed by atoms with Crippen LogP contribution in [0.4, 0.5) is 8.78 Å². The summed E-state index contributed by atoms with van der Waals surface area (Å²) in [5.41, 5.74) is -0.285. The zero-order valence-electron chi connectivity index (χ0n) is 10.2. The Bertz CT molecular complexity index is 512. The van der Waals surface area contributed by atoms with E-state index in [0.29, 0.717) is 24.2 Å². The number of nitrogens with zero attached hydrogens (tertiary/aromatic N) is 1. The molecule has 0 aromatic heterocycles. The van der Waals surface area contributed by atoms with E-state index in [1.165, 1.54) is 31.4 Å². The van der Waals surface area contributed by atoms with Crippen LogP contribution < -0.4 is 4.74 Å². The molecule has 0 N–H and O–H groups in total. The highest BCUT2D eigenvalue weighted by Crippen LogP contribution is 2.53. The second-order valence-corrected chi connectivity index (χ2v) is 4.54. The molecule has 1 saturated carbocycles. The number of aliphatic imine (C=N–C) groups is 1. The first-order valence-electron chi connectivity index (χ1n) is 5.59. The van der Waals surface area contributed by atoms with E-state index >= 15 is 0 Å². The molecule has 0 spiro atoms. The maximum Gasteiger partial charge on any atom is 0.270 e. The largest absolute Gasteiger partial charge is 0.496 e. The fourth-order valence-corrected chi connectivity index (χ4v) is 1.99. The molecule has 0 bridgehead atoms. The predicted molar refractivity (Wildman–Crippen MR) is 61.6 cm³/mol. The molecule has 18 heavy (non-hydrogen) atoms. The van der Waals surface area contributed by atoms with Crippen molar-refractivity contribution < 1.29 is 18.3 Å². The van der Waals surface area contributed by atoms with E-state index in [-0.39, 0.29) is 5.56 Å². The zero-order chi connectivity index (χ0) is 13.4. The van der Waals surface area contributed by atoms with Crippen molar-refractivity contribution in [1.29, 1.82) is 0 Å². The van der Waals surface area contributed by atoms with Crippen LogP contribution in [0.3, 0.4) is 0 Å². The number of ether oxygens (including phenoxy) is 1. The average Bonchev–Trinajstić information content (AvgIpc) is 3.08. The van der Waals surface area contributed by atoms with Gasteiger partial charge in [0.15, 0.2) is 0 Å². The number of isocyanates is 1. The van der Waals surface area contributed by atoms with E-state index in [4.69, 9.17) is 4.74 Å². The molecule has 1 aliphatic rings. The van der Waals surface area contributed by atoms with E-state index in [1.54, 1.807) is 0 Å². The second-order valence-electron chi connectivity index (χ2n) is 4.54. The van der Waals surface area contributed by atoms with Gasteiger partial charge in [0.2, 0.25) is 6.08 Å². The lowest BCUT2D eigenvalue weighted by Gasteiger charge is -2.17. The van der Waals surface area contributed by atoms with Crippen LogP contribution in [0.2, 0.25) is 0 Å². The summed E-state index contributed by atoms with van der Waals surface area (Å²) in [5.74, 6) is -2.46. The van der Waals surface area contributed by atoms with Crippen LogP contribution in [0.25, 0.3) is 0 Å². The molecule has 0 unspecified atom stereocenters. The summed E-state index contributed by atoms with van der Waals surface area (Å²) in [6.07, 6.45) is 2.81. The predicted octanol–water partition coefficient (Wildman–Crippen LogP) is 3.13. The normalized spacial score (nSPS) is 16.9. The molecule has 2 rings (SSSR count). The number of hydrogen-bond donors (Lipinski definition) is 0. The van der Waals surface area contributed by atoms with Crippen molar-refractivity contribution >= 4 is 6.08 Å². The molecule has 96 valence electrons. The Morgan fingerprint density at radius 3 is 2.56 bits per heavy atom. The van der Waals surface area contributed by atoms with Crippen LogP contribution in [-0.2, 0) is 16.3 Å². The molecule has 0 atom stereocenters. The van der Waals surface area contributed by atoms with Crippen LogP contribution in [0, 0.1) is 0 Å². The standard InChI is InChI=1S/C13H13F2NO2/c1-12(14,15)9-3-4-11(18-2)10(7-9)13(5-6-13)16-8-17/h3-4,7H,5-6H2,1-2H3. The topological polar surface area (TPSA) is 38.7 Å². The third-order valence-corrected chi connectivity index (χ3v) is 3.19. The lowest BCUT2D eigenvalue weighted by atomic mass is 9.99. The summed E-state index contributed by atoms with van der Waals surface area (Å²) in [6.45, 7) is 0.834. The molecular formula is C13H13F2NO2. The van der Waals surface area contributed by atoms with E-state index in [1.807, 2.05) is 0 Å². The van der Waals surface area contributed by atoms with Gasteiger partial charge in [0.1, 0.15) is 11.3 Å². The lowest BCUT2D eigenvalue weighted by Crippen LogP contribution is -2.11. The number of hydrogen-bond acceptors (Lipinski definition) is 3. The van der Waals surface area contributed by atoms with Gasteiger partial charge in [-0.3, -0.25) is 0 Å². The minimum atomic E-state index is -2.93. The molecule has 0 aliphatic heterocycles. The molecule has 1 aliphatic carbocycles. The molecule has 0 saturated heterocycles. The summed E-state index contributed by atoms with van der Waals surface area (Å²) in [7, 11) is 1.46. The molecule has 0 heterocycles. The van der Waals surface area contributed by atoms with Gasteiger partial charge < -0.3 is 4.74 Å². The quantitative estimate of drug-likeness (QED) is 0.610. The fourth-order valence-electron chi connectivity index (χ4n) is 1.99. The minimum Gasteiger partial charge on any atom is -0.496 e. The first kappa shape index (κ1) is 12.7. The minimum absolute atomic E-state index is 0.106. The van der Waals surface area contributed by atoms with Crippen molar-refractivity contribution in [1.82, 2.24) is 0 Å². The smallest absolute Gasteiger partial charge is 0.270 e. The molecule has 0 amide bonds. The number of methoxy groups -OCH3 is 1. The van der Waals surface area contributed by atoms with Crippen molar-refractivity contribution in [2.45, 2.75) is 31.2 Å². The van der Waals surface area contributed by atoms with Crippen LogP contribution in [-0.4, -0.2) is 13.2 Å². The maximum atomic E-state index is 13.3. The van der Waals surface area contributed by atoms with Gasteiger partial charge in [-0.25, -0.2) is 13.6 Å². The third kappa shape index (κ3) is 2.14. The van der Waals surface area contributed by atoms with E-state index < -0.39 is 11.5 Å². The van der Waals surface area contributed by atoms with Crippen LogP contribution in [0.1, 0.15) is 30.9 Å². The Balaban J connectivity index is 2.54. The van der Waals surface area contributed by atoms with Gasteiger partial charge in [-0.2, -0.15) is 4.99 Å². The van der Waals surface area contributed by atoms with Crippen LogP contribution in [0.15, 0.2) is 23.2 Å². The molecule has 1 fully saturated rings. The SMILES string of the molecule is COc1ccc(C(C)(F)F)cc1C1(N=C=O)CC1. The van der Waals surface area contributed by atoms with Crippen molar-refractivity contribution in [3.05, 3.63) is 29.3 Å². The number of carbonyl (C=O) groups excluding carboxylic acids is 1. The Morgan fingerprint density at radius 2 is 2.11 bits per heavy atom. The van der Waals surface area contributed by atoms with Gasteiger partial charge in [0.05, 0.1) is 7.11 Å². The summed E-state index contributed by atoms with van der Waals surface area (Å²) < 4.78 is 31.8. The number of halogens is 2. The maximum absolute atomic E-state index is 13.3. The Hall–Kier alpha value is -1.74. The first-order chi connectivity index (χ1) is 8.43.